The minimum atomic E-state index is -4.53. The number of fused-ring (bicyclic) bond motifs is 2. The average Bonchev–Trinajstić information content (AvgIpc) is 2.68. The molecule has 0 bridgehead atoms. The quantitative estimate of drug-likeness (QED) is 0.674. The summed E-state index contributed by atoms with van der Waals surface area (Å²) in [5, 5.41) is 10.1. The molecule has 1 aliphatic rings. The summed E-state index contributed by atoms with van der Waals surface area (Å²) < 4.78 is 51.9. The predicted octanol–water partition coefficient (Wildman–Crippen LogP) is 5.22. The topological polar surface area (TPSA) is 42.2 Å². The number of halogens is 3. The average molecular weight is 377 g/mol. The van der Waals surface area contributed by atoms with E-state index in [1.165, 1.54) is 6.07 Å². The van der Waals surface area contributed by atoms with Crippen LogP contribution in [0.15, 0.2) is 42.5 Å². The lowest BCUT2D eigenvalue weighted by Gasteiger charge is -2.35. The lowest BCUT2D eigenvalue weighted by Crippen LogP contribution is -2.41. The SMILES string of the molecule is C[Si](C)(C)OC1(C#N)c2ccccc2COc2ccc(C(F)(F)F)cc21. The Bertz CT molecular complexity index is 884. The highest BCUT2D eigenvalue weighted by Crippen LogP contribution is 2.46. The van der Waals surface area contributed by atoms with Crippen LogP contribution >= 0.6 is 0 Å². The lowest BCUT2D eigenvalue weighted by atomic mass is 9.84. The third kappa shape index (κ3) is 3.22. The van der Waals surface area contributed by atoms with E-state index < -0.39 is 25.7 Å². The van der Waals surface area contributed by atoms with Crippen LogP contribution in [0.4, 0.5) is 13.2 Å². The van der Waals surface area contributed by atoms with Gasteiger partial charge in [-0.1, -0.05) is 24.3 Å². The van der Waals surface area contributed by atoms with Crippen molar-refractivity contribution in [1.82, 2.24) is 0 Å². The van der Waals surface area contributed by atoms with Gasteiger partial charge in [0.1, 0.15) is 18.4 Å². The molecule has 3 nitrogen and oxygen atoms in total. The van der Waals surface area contributed by atoms with E-state index in [0.29, 0.717) is 5.56 Å². The minimum Gasteiger partial charge on any atom is -0.488 e. The second kappa shape index (κ2) is 6.15. The van der Waals surface area contributed by atoms with Gasteiger partial charge in [-0.15, -0.1) is 0 Å². The van der Waals surface area contributed by atoms with Crippen LogP contribution in [0.2, 0.25) is 19.6 Å². The molecule has 1 unspecified atom stereocenters. The van der Waals surface area contributed by atoms with Gasteiger partial charge in [0, 0.05) is 11.1 Å². The summed E-state index contributed by atoms with van der Waals surface area (Å²) in [4.78, 5) is 0. The molecule has 0 aromatic heterocycles. The number of ether oxygens (including phenoxy) is 1. The maximum atomic E-state index is 13.3. The summed E-state index contributed by atoms with van der Waals surface area (Å²) in [7, 11) is -2.32. The Morgan fingerprint density at radius 1 is 1.12 bits per heavy atom. The molecule has 0 saturated carbocycles. The maximum Gasteiger partial charge on any atom is 0.416 e. The molecular formula is C19H18F3NO2Si. The van der Waals surface area contributed by atoms with Gasteiger partial charge in [-0.3, -0.25) is 0 Å². The van der Waals surface area contributed by atoms with E-state index in [1.807, 2.05) is 19.6 Å². The van der Waals surface area contributed by atoms with Crippen LogP contribution in [0.5, 0.6) is 5.75 Å². The van der Waals surface area contributed by atoms with Gasteiger partial charge in [-0.05, 0) is 43.4 Å². The zero-order valence-corrected chi connectivity index (χ0v) is 15.6. The summed E-state index contributed by atoms with van der Waals surface area (Å²) in [5.74, 6) is 0.231. The fourth-order valence-electron chi connectivity index (χ4n) is 3.11. The van der Waals surface area contributed by atoms with Crippen molar-refractivity contribution >= 4 is 8.32 Å². The Morgan fingerprint density at radius 2 is 1.81 bits per heavy atom. The molecule has 3 rings (SSSR count). The van der Waals surface area contributed by atoms with Crippen LogP contribution in [0.1, 0.15) is 22.3 Å². The van der Waals surface area contributed by atoms with Gasteiger partial charge in [0.05, 0.1) is 5.56 Å². The number of nitrogens with zero attached hydrogens (tertiary/aromatic N) is 1. The summed E-state index contributed by atoms with van der Waals surface area (Å²) in [6, 6.07) is 12.4. The fraction of sp³-hybridized carbons (Fsp3) is 0.316. The molecule has 26 heavy (non-hydrogen) atoms. The van der Waals surface area contributed by atoms with Crippen molar-refractivity contribution in [2.24, 2.45) is 0 Å². The molecule has 0 N–H and O–H groups in total. The highest BCUT2D eigenvalue weighted by Gasteiger charge is 2.46. The monoisotopic (exact) mass is 377 g/mol. The lowest BCUT2D eigenvalue weighted by molar-refractivity contribution is -0.137. The molecule has 0 radical (unpaired) electrons. The zero-order valence-electron chi connectivity index (χ0n) is 14.6. The Hall–Kier alpha value is -2.30. The highest BCUT2D eigenvalue weighted by molar-refractivity contribution is 6.69. The Kier molecular flexibility index (Phi) is 4.37. The molecule has 1 atom stereocenters. The molecule has 2 aromatic carbocycles. The van der Waals surface area contributed by atoms with E-state index in [9.17, 15) is 18.4 Å². The van der Waals surface area contributed by atoms with Crippen molar-refractivity contribution in [3.05, 3.63) is 64.7 Å². The van der Waals surface area contributed by atoms with Crippen molar-refractivity contribution in [1.29, 1.82) is 5.26 Å². The molecular weight excluding hydrogens is 359 g/mol. The van der Waals surface area contributed by atoms with Gasteiger partial charge in [-0.2, -0.15) is 18.4 Å². The largest absolute Gasteiger partial charge is 0.488 e. The third-order valence-electron chi connectivity index (χ3n) is 4.08. The van der Waals surface area contributed by atoms with Gasteiger partial charge in [0.2, 0.25) is 0 Å². The zero-order chi connectivity index (χ0) is 19.2. The molecule has 7 heteroatoms. The molecule has 0 saturated heterocycles. The summed E-state index contributed by atoms with van der Waals surface area (Å²) >= 11 is 0. The van der Waals surface area contributed by atoms with Crippen LogP contribution < -0.4 is 4.74 Å². The molecule has 1 heterocycles. The smallest absolute Gasteiger partial charge is 0.416 e. The molecule has 0 fully saturated rings. The van der Waals surface area contributed by atoms with E-state index in [1.54, 1.807) is 24.3 Å². The molecule has 136 valence electrons. The third-order valence-corrected chi connectivity index (χ3v) is 5.00. The predicted molar refractivity (Wildman–Crippen MR) is 93.0 cm³/mol. The Balaban J connectivity index is 2.35. The number of rotatable bonds is 2. The summed E-state index contributed by atoms with van der Waals surface area (Å²) in [6.45, 7) is 5.85. The molecule has 0 spiro atoms. The summed E-state index contributed by atoms with van der Waals surface area (Å²) in [5.41, 5.74) is -1.13. The van der Waals surface area contributed by atoms with Crippen LogP contribution in [-0.4, -0.2) is 8.32 Å². The maximum absolute atomic E-state index is 13.3. The first-order valence-electron chi connectivity index (χ1n) is 8.11. The standard InChI is InChI=1S/C19H18F3NO2Si/c1-26(2,3)25-18(12-23)15-7-5-4-6-13(15)11-24-17-9-8-14(10-16(17)18)19(20,21)22/h4-10H,11H2,1-3H3. The molecule has 0 amide bonds. The highest BCUT2D eigenvalue weighted by atomic mass is 28.4. The van der Waals surface area contributed by atoms with Crippen LogP contribution in [0.3, 0.4) is 0 Å². The van der Waals surface area contributed by atoms with Gasteiger partial charge in [-0.25, -0.2) is 0 Å². The number of benzene rings is 2. The summed E-state index contributed by atoms with van der Waals surface area (Å²) in [6.07, 6.45) is -4.53. The molecule has 0 aliphatic carbocycles. The van der Waals surface area contributed by atoms with Crippen molar-refractivity contribution < 1.29 is 22.3 Å². The van der Waals surface area contributed by atoms with Gasteiger partial charge >= 0.3 is 6.18 Å². The second-order valence-corrected chi connectivity index (χ2v) is 11.6. The molecule has 1 aliphatic heterocycles. The first-order valence-corrected chi connectivity index (χ1v) is 11.5. The number of hydrogen-bond donors (Lipinski definition) is 0. The van der Waals surface area contributed by atoms with Gasteiger partial charge in [0.15, 0.2) is 13.9 Å². The van der Waals surface area contributed by atoms with E-state index in [4.69, 9.17) is 9.16 Å². The number of alkyl halides is 3. The van der Waals surface area contributed by atoms with E-state index in [0.717, 1.165) is 17.7 Å². The first kappa shape index (κ1) is 18.5. The normalized spacial score (nSPS) is 19.6. The fourth-order valence-corrected chi connectivity index (χ4v) is 4.29. The van der Waals surface area contributed by atoms with Crippen molar-refractivity contribution in [3.63, 3.8) is 0 Å². The minimum absolute atomic E-state index is 0.0993. The van der Waals surface area contributed by atoms with Gasteiger partial charge in [0.25, 0.3) is 0 Å². The molecule has 2 aromatic rings. The van der Waals surface area contributed by atoms with Crippen LogP contribution in [0.25, 0.3) is 0 Å². The van der Waals surface area contributed by atoms with E-state index >= 15 is 0 Å². The van der Waals surface area contributed by atoms with Gasteiger partial charge < -0.3 is 9.16 Å². The first-order chi connectivity index (χ1) is 12.1. The Morgan fingerprint density at radius 3 is 2.42 bits per heavy atom. The van der Waals surface area contributed by atoms with Crippen molar-refractivity contribution in [2.45, 2.75) is 38.0 Å². The second-order valence-electron chi connectivity index (χ2n) is 7.16. The van der Waals surface area contributed by atoms with E-state index in [-0.39, 0.29) is 17.9 Å². The van der Waals surface area contributed by atoms with Crippen molar-refractivity contribution in [2.75, 3.05) is 0 Å². The van der Waals surface area contributed by atoms with Crippen LogP contribution in [0, 0.1) is 11.3 Å². The number of hydrogen-bond acceptors (Lipinski definition) is 3. The van der Waals surface area contributed by atoms with Crippen LogP contribution in [-0.2, 0) is 22.8 Å². The van der Waals surface area contributed by atoms with E-state index in [2.05, 4.69) is 6.07 Å². The number of nitriles is 1. The Labute approximate surface area is 151 Å². The van der Waals surface area contributed by atoms with Crippen molar-refractivity contribution in [3.8, 4) is 11.8 Å².